The minimum Gasteiger partial charge on any atom is -0.360 e. The lowest BCUT2D eigenvalue weighted by Crippen LogP contribution is -2.18. The summed E-state index contributed by atoms with van der Waals surface area (Å²) in [5.74, 6) is 1.50. The van der Waals surface area contributed by atoms with Crippen molar-refractivity contribution in [1.82, 2.24) is 4.98 Å². The van der Waals surface area contributed by atoms with Gasteiger partial charge in [0.1, 0.15) is 5.82 Å². The van der Waals surface area contributed by atoms with Gasteiger partial charge in [0.15, 0.2) is 0 Å². The molecule has 0 aliphatic heterocycles. The average Bonchev–Trinajstić information content (AvgIpc) is 2.16. The lowest BCUT2D eigenvalue weighted by Gasteiger charge is -2.17. The molecule has 0 radical (unpaired) electrons. The summed E-state index contributed by atoms with van der Waals surface area (Å²) < 4.78 is 0. The van der Waals surface area contributed by atoms with E-state index in [0.717, 1.165) is 17.9 Å². The number of aromatic nitrogens is 1. The van der Waals surface area contributed by atoms with Crippen LogP contribution in [0.4, 0.5) is 5.82 Å². The van der Waals surface area contributed by atoms with Crippen molar-refractivity contribution in [2.75, 3.05) is 18.5 Å². The van der Waals surface area contributed by atoms with Gasteiger partial charge in [-0.3, -0.25) is 0 Å². The molecule has 0 spiro atoms. The van der Waals surface area contributed by atoms with Crippen molar-refractivity contribution < 1.29 is 0 Å². The van der Waals surface area contributed by atoms with E-state index in [0.29, 0.717) is 5.88 Å². The summed E-state index contributed by atoms with van der Waals surface area (Å²) in [5, 5.41) is 0. The van der Waals surface area contributed by atoms with Gasteiger partial charge in [-0.1, -0.05) is 6.07 Å². The number of rotatable bonds is 3. The second-order valence-corrected chi connectivity index (χ2v) is 2.90. The Bertz CT molecular complexity index is 250. The number of anilines is 1. The molecule has 0 amide bonds. The summed E-state index contributed by atoms with van der Waals surface area (Å²) in [6.45, 7) is 3.04. The Hall–Kier alpha value is -0.760. The zero-order valence-electron chi connectivity index (χ0n) is 7.42. The van der Waals surface area contributed by atoms with E-state index in [1.807, 2.05) is 19.2 Å². The van der Waals surface area contributed by atoms with Crippen LogP contribution in [0.3, 0.4) is 0 Å². The van der Waals surface area contributed by atoms with Gasteiger partial charge in [-0.15, -0.1) is 11.6 Å². The molecule has 1 heterocycles. The third-order valence-electron chi connectivity index (χ3n) is 1.85. The second kappa shape index (κ2) is 4.31. The summed E-state index contributed by atoms with van der Waals surface area (Å²) in [5.41, 5.74) is 1.09. The van der Waals surface area contributed by atoms with Gasteiger partial charge in [0.05, 0.1) is 5.88 Å². The van der Waals surface area contributed by atoms with Crippen LogP contribution < -0.4 is 4.90 Å². The fourth-order valence-electron chi connectivity index (χ4n) is 1.03. The van der Waals surface area contributed by atoms with Gasteiger partial charge in [0.2, 0.25) is 0 Å². The first-order chi connectivity index (χ1) is 5.79. The predicted molar refractivity (Wildman–Crippen MR) is 52.7 cm³/mol. The van der Waals surface area contributed by atoms with E-state index in [-0.39, 0.29) is 0 Å². The fraction of sp³-hybridized carbons (Fsp3) is 0.444. The number of hydrogen-bond acceptors (Lipinski definition) is 2. The van der Waals surface area contributed by atoms with Gasteiger partial charge >= 0.3 is 0 Å². The molecular formula is C9H13ClN2. The van der Waals surface area contributed by atoms with Crippen molar-refractivity contribution in [3.8, 4) is 0 Å². The van der Waals surface area contributed by atoms with Gasteiger partial charge in [0, 0.05) is 25.4 Å². The molecule has 0 aliphatic carbocycles. The Kier molecular flexibility index (Phi) is 3.35. The smallest absolute Gasteiger partial charge is 0.132 e. The highest BCUT2D eigenvalue weighted by Crippen LogP contribution is 2.16. The van der Waals surface area contributed by atoms with Crippen LogP contribution in [0.25, 0.3) is 0 Å². The highest BCUT2D eigenvalue weighted by atomic mass is 35.5. The third-order valence-corrected chi connectivity index (χ3v) is 2.14. The van der Waals surface area contributed by atoms with E-state index < -0.39 is 0 Å². The molecular weight excluding hydrogens is 172 g/mol. The number of alkyl halides is 1. The molecule has 3 heteroatoms. The van der Waals surface area contributed by atoms with E-state index in [4.69, 9.17) is 11.6 Å². The fourth-order valence-corrected chi connectivity index (χ4v) is 1.24. The molecule has 0 aromatic carbocycles. The lowest BCUT2D eigenvalue weighted by atomic mass is 10.3. The maximum absolute atomic E-state index is 5.77. The molecule has 0 bridgehead atoms. The number of hydrogen-bond donors (Lipinski definition) is 0. The molecule has 66 valence electrons. The third kappa shape index (κ3) is 1.89. The van der Waals surface area contributed by atoms with Crippen molar-refractivity contribution in [3.63, 3.8) is 0 Å². The molecule has 1 aromatic rings. The van der Waals surface area contributed by atoms with E-state index >= 15 is 0 Å². The zero-order valence-corrected chi connectivity index (χ0v) is 8.17. The molecule has 1 rings (SSSR count). The van der Waals surface area contributed by atoms with E-state index in [2.05, 4.69) is 16.8 Å². The number of pyridine rings is 1. The van der Waals surface area contributed by atoms with Crippen molar-refractivity contribution in [2.24, 2.45) is 0 Å². The maximum Gasteiger partial charge on any atom is 0.132 e. The van der Waals surface area contributed by atoms with Crippen LogP contribution in [-0.4, -0.2) is 18.6 Å². The second-order valence-electron chi connectivity index (χ2n) is 2.63. The van der Waals surface area contributed by atoms with Crippen LogP contribution in [0, 0.1) is 0 Å². The Morgan fingerprint density at radius 3 is 2.92 bits per heavy atom. The van der Waals surface area contributed by atoms with E-state index in [9.17, 15) is 0 Å². The normalized spacial score (nSPS) is 9.92. The lowest BCUT2D eigenvalue weighted by molar-refractivity contribution is 0.927. The van der Waals surface area contributed by atoms with Gasteiger partial charge in [-0.25, -0.2) is 4.98 Å². The largest absolute Gasteiger partial charge is 0.360 e. The molecule has 2 nitrogen and oxygen atoms in total. The van der Waals surface area contributed by atoms with Gasteiger partial charge in [0.25, 0.3) is 0 Å². The Morgan fingerprint density at radius 2 is 2.33 bits per heavy atom. The topological polar surface area (TPSA) is 16.1 Å². The Balaban J connectivity index is 2.96. The summed E-state index contributed by atoms with van der Waals surface area (Å²) in [7, 11) is 2.01. The summed E-state index contributed by atoms with van der Waals surface area (Å²) in [4.78, 5) is 6.34. The Morgan fingerprint density at radius 1 is 1.58 bits per heavy atom. The molecule has 0 atom stereocenters. The van der Waals surface area contributed by atoms with E-state index in [1.54, 1.807) is 6.20 Å². The number of nitrogens with zero attached hydrogens (tertiary/aromatic N) is 2. The Labute approximate surface area is 78.2 Å². The molecule has 12 heavy (non-hydrogen) atoms. The first-order valence-corrected chi connectivity index (χ1v) is 4.54. The van der Waals surface area contributed by atoms with Crippen molar-refractivity contribution in [1.29, 1.82) is 0 Å². The molecule has 0 aliphatic rings. The molecule has 1 aromatic heterocycles. The highest BCUT2D eigenvalue weighted by molar-refractivity contribution is 6.17. The summed E-state index contributed by atoms with van der Waals surface area (Å²) in [6, 6.07) is 3.91. The van der Waals surface area contributed by atoms with Crippen LogP contribution in [0.1, 0.15) is 12.5 Å². The zero-order chi connectivity index (χ0) is 8.97. The number of halogens is 1. The van der Waals surface area contributed by atoms with Crippen LogP contribution in [0.15, 0.2) is 18.3 Å². The predicted octanol–water partition coefficient (Wildman–Crippen LogP) is 2.28. The standard InChI is InChI=1S/C9H13ClN2/c1-3-12(2)9-8(7-10)5-4-6-11-9/h4-6H,3,7H2,1-2H3. The van der Waals surface area contributed by atoms with Crippen LogP contribution in [0.5, 0.6) is 0 Å². The molecule has 0 unspecified atom stereocenters. The van der Waals surface area contributed by atoms with Crippen molar-refractivity contribution >= 4 is 17.4 Å². The van der Waals surface area contributed by atoms with Crippen molar-refractivity contribution in [2.45, 2.75) is 12.8 Å². The van der Waals surface area contributed by atoms with Crippen LogP contribution in [-0.2, 0) is 5.88 Å². The molecule has 0 saturated heterocycles. The highest BCUT2D eigenvalue weighted by Gasteiger charge is 2.04. The molecule has 0 N–H and O–H groups in total. The van der Waals surface area contributed by atoms with Crippen LogP contribution >= 0.6 is 11.6 Å². The quantitative estimate of drug-likeness (QED) is 0.671. The summed E-state index contributed by atoms with van der Waals surface area (Å²) in [6.07, 6.45) is 1.79. The first-order valence-electron chi connectivity index (χ1n) is 4.00. The van der Waals surface area contributed by atoms with Gasteiger partial charge < -0.3 is 4.90 Å². The van der Waals surface area contributed by atoms with Gasteiger partial charge in [-0.05, 0) is 13.0 Å². The SMILES string of the molecule is CCN(C)c1ncccc1CCl. The van der Waals surface area contributed by atoms with E-state index in [1.165, 1.54) is 0 Å². The monoisotopic (exact) mass is 184 g/mol. The van der Waals surface area contributed by atoms with Crippen molar-refractivity contribution in [3.05, 3.63) is 23.9 Å². The average molecular weight is 185 g/mol. The summed E-state index contributed by atoms with van der Waals surface area (Å²) >= 11 is 5.77. The minimum absolute atomic E-state index is 0.521. The minimum atomic E-state index is 0.521. The maximum atomic E-state index is 5.77. The molecule has 0 saturated carbocycles. The van der Waals surface area contributed by atoms with Crippen LogP contribution in [0.2, 0.25) is 0 Å². The molecule has 0 fully saturated rings. The van der Waals surface area contributed by atoms with Gasteiger partial charge in [-0.2, -0.15) is 0 Å². The first kappa shape index (κ1) is 9.33.